The molecule has 0 aliphatic carbocycles. The van der Waals surface area contributed by atoms with Crippen LogP contribution in [-0.2, 0) is 11.2 Å². The molecule has 0 saturated heterocycles. The number of rotatable bonds is 4. The Bertz CT molecular complexity index is 333. The van der Waals surface area contributed by atoms with Crippen molar-refractivity contribution in [2.45, 2.75) is 6.42 Å². The third-order valence-corrected chi connectivity index (χ3v) is 2.50. The van der Waals surface area contributed by atoms with E-state index >= 15 is 0 Å². The Labute approximate surface area is 103 Å². The normalized spacial score (nSPS) is 11.6. The summed E-state index contributed by atoms with van der Waals surface area (Å²) in [5.41, 5.74) is 6.35. The van der Waals surface area contributed by atoms with Crippen LogP contribution >= 0.6 is 28.3 Å². The summed E-state index contributed by atoms with van der Waals surface area (Å²) in [5.74, 6) is -1.34. The SMILES string of the molecule is Cl.NC[C@@H](Cc1cccc(Br)c1)C(=O)O. The quantitative estimate of drug-likeness (QED) is 0.893. The molecule has 0 unspecified atom stereocenters. The van der Waals surface area contributed by atoms with Gasteiger partial charge in [0.05, 0.1) is 5.92 Å². The Balaban J connectivity index is 0.00000196. The molecule has 0 aliphatic heterocycles. The van der Waals surface area contributed by atoms with Gasteiger partial charge in [-0.1, -0.05) is 28.1 Å². The van der Waals surface area contributed by atoms with Crippen LogP contribution in [0.4, 0.5) is 0 Å². The molecule has 0 aliphatic rings. The number of carboxylic acids is 1. The summed E-state index contributed by atoms with van der Waals surface area (Å²) in [4.78, 5) is 10.7. The molecule has 1 aromatic rings. The molecule has 84 valence electrons. The first-order valence-corrected chi connectivity index (χ1v) is 5.10. The van der Waals surface area contributed by atoms with E-state index in [-0.39, 0.29) is 19.0 Å². The van der Waals surface area contributed by atoms with Crippen LogP contribution in [0.2, 0.25) is 0 Å². The maximum absolute atomic E-state index is 10.7. The highest BCUT2D eigenvalue weighted by Gasteiger charge is 2.15. The average molecular weight is 295 g/mol. The van der Waals surface area contributed by atoms with E-state index in [9.17, 15) is 4.79 Å². The Kier molecular flexibility index (Phi) is 6.56. The van der Waals surface area contributed by atoms with E-state index in [1.807, 2.05) is 24.3 Å². The summed E-state index contributed by atoms with van der Waals surface area (Å²) in [7, 11) is 0. The van der Waals surface area contributed by atoms with Gasteiger partial charge in [-0.15, -0.1) is 12.4 Å². The van der Waals surface area contributed by atoms with E-state index in [0.717, 1.165) is 10.0 Å². The molecule has 3 N–H and O–H groups in total. The van der Waals surface area contributed by atoms with Gasteiger partial charge in [-0.2, -0.15) is 0 Å². The Hall–Kier alpha value is -0.580. The summed E-state index contributed by atoms with van der Waals surface area (Å²) < 4.78 is 0.955. The molecule has 0 bridgehead atoms. The van der Waals surface area contributed by atoms with Crippen molar-refractivity contribution in [3.8, 4) is 0 Å². The second kappa shape index (κ2) is 6.82. The van der Waals surface area contributed by atoms with Gasteiger partial charge in [-0.05, 0) is 24.1 Å². The first kappa shape index (κ1) is 14.4. The van der Waals surface area contributed by atoms with Gasteiger partial charge in [-0.25, -0.2) is 0 Å². The van der Waals surface area contributed by atoms with Crippen molar-refractivity contribution in [1.29, 1.82) is 0 Å². The van der Waals surface area contributed by atoms with Crippen LogP contribution in [0.15, 0.2) is 28.7 Å². The standard InChI is InChI=1S/C10H12BrNO2.ClH/c11-9-3-1-2-7(5-9)4-8(6-12)10(13)14;/h1-3,5,8H,4,6,12H2,(H,13,14);1H/t8-;/m1./s1. The second-order valence-electron chi connectivity index (χ2n) is 3.10. The lowest BCUT2D eigenvalue weighted by atomic mass is 10.00. The van der Waals surface area contributed by atoms with Crippen molar-refractivity contribution in [2.75, 3.05) is 6.54 Å². The fraction of sp³-hybridized carbons (Fsp3) is 0.300. The van der Waals surface area contributed by atoms with Crippen LogP contribution in [-0.4, -0.2) is 17.6 Å². The number of aliphatic carboxylic acids is 1. The number of carbonyl (C=O) groups is 1. The van der Waals surface area contributed by atoms with E-state index < -0.39 is 11.9 Å². The van der Waals surface area contributed by atoms with Gasteiger partial charge in [0.15, 0.2) is 0 Å². The van der Waals surface area contributed by atoms with Crippen LogP contribution < -0.4 is 5.73 Å². The maximum atomic E-state index is 10.7. The highest BCUT2D eigenvalue weighted by atomic mass is 79.9. The minimum atomic E-state index is -0.840. The minimum absolute atomic E-state index is 0. The molecule has 1 rings (SSSR count). The molecular weight excluding hydrogens is 281 g/mol. The van der Waals surface area contributed by atoms with Crippen molar-refractivity contribution in [3.05, 3.63) is 34.3 Å². The summed E-state index contributed by atoms with van der Waals surface area (Å²) in [6.07, 6.45) is 0.477. The van der Waals surface area contributed by atoms with Gasteiger partial charge in [0, 0.05) is 11.0 Å². The van der Waals surface area contributed by atoms with Crippen molar-refractivity contribution in [2.24, 2.45) is 11.7 Å². The summed E-state index contributed by atoms with van der Waals surface area (Å²) in [6.45, 7) is 0.168. The molecule has 1 atom stereocenters. The number of hydrogen-bond acceptors (Lipinski definition) is 2. The molecule has 0 saturated carbocycles. The highest BCUT2D eigenvalue weighted by molar-refractivity contribution is 9.10. The third-order valence-electron chi connectivity index (χ3n) is 2.00. The fourth-order valence-corrected chi connectivity index (χ4v) is 1.67. The molecule has 15 heavy (non-hydrogen) atoms. The van der Waals surface area contributed by atoms with Crippen LogP contribution in [0, 0.1) is 5.92 Å². The smallest absolute Gasteiger partial charge is 0.308 e. The van der Waals surface area contributed by atoms with Gasteiger partial charge in [0.2, 0.25) is 0 Å². The Morgan fingerprint density at radius 2 is 2.20 bits per heavy atom. The first-order chi connectivity index (χ1) is 6.63. The van der Waals surface area contributed by atoms with Crippen molar-refractivity contribution >= 4 is 34.3 Å². The van der Waals surface area contributed by atoms with E-state index in [4.69, 9.17) is 10.8 Å². The average Bonchev–Trinajstić information content (AvgIpc) is 2.14. The van der Waals surface area contributed by atoms with E-state index in [1.54, 1.807) is 0 Å². The molecule has 0 radical (unpaired) electrons. The molecule has 3 nitrogen and oxygen atoms in total. The fourth-order valence-electron chi connectivity index (χ4n) is 1.22. The topological polar surface area (TPSA) is 63.3 Å². The zero-order chi connectivity index (χ0) is 10.6. The molecule has 0 amide bonds. The summed E-state index contributed by atoms with van der Waals surface area (Å²) in [6, 6.07) is 7.60. The van der Waals surface area contributed by atoms with Crippen LogP contribution in [0.5, 0.6) is 0 Å². The third kappa shape index (κ3) is 4.64. The highest BCUT2D eigenvalue weighted by Crippen LogP contribution is 2.14. The minimum Gasteiger partial charge on any atom is -0.481 e. The molecule has 0 spiro atoms. The molecule has 1 aromatic carbocycles. The van der Waals surface area contributed by atoms with Gasteiger partial charge in [-0.3, -0.25) is 4.79 Å². The van der Waals surface area contributed by atoms with Crippen LogP contribution in [0.25, 0.3) is 0 Å². The monoisotopic (exact) mass is 293 g/mol. The van der Waals surface area contributed by atoms with Crippen LogP contribution in [0.3, 0.4) is 0 Å². The predicted octanol–water partition coefficient (Wildman–Crippen LogP) is 2.07. The van der Waals surface area contributed by atoms with Crippen molar-refractivity contribution in [3.63, 3.8) is 0 Å². The maximum Gasteiger partial charge on any atom is 0.308 e. The Morgan fingerprint density at radius 1 is 1.53 bits per heavy atom. The number of halogens is 2. The van der Waals surface area contributed by atoms with Gasteiger partial charge < -0.3 is 10.8 Å². The number of nitrogens with two attached hydrogens (primary N) is 1. The number of hydrogen-bond donors (Lipinski definition) is 2. The van der Waals surface area contributed by atoms with Gasteiger partial charge in [0.25, 0.3) is 0 Å². The van der Waals surface area contributed by atoms with E-state index in [0.29, 0.717) is 6.42 Å². The second-order valence-corrected chi connectivity index (χ2v) is 4.02. The molecular formula is C10H13BrClNO2. The lowest BCUT2D eigenvalue weighted by Gasteiger charge is -2.09. The number of carboxylic acid groups (broad SMARTS) is 1. The predicted molar refractivity (Wildman–Crippen MR) is 65.3 cm³/mol. The zero-order valence-corrected chi connectivity index (χ0v) is 10.4. The van der Waals surface area contributed by atoms with Crippen molar-refractivity contribution < 1.29 is 9.90 Å². The van der Waals surface area contributed by atoms with E-state index in [1.165, 1.54) is 0 Å². The van der Waals surface area contributed by atoms with Gasteiger partial charge in [0.1, 0.15) is 0 Å². The largest absolute Gasteiger partial charge is 0.481 e. The zero-order valence-electron chi connectivity index (χ0n) is 8.02. The Morgan fingerprint density at radius 3 is 2.67 bits per heavy atom. The van der Waals surface area contributed by atoms with E-state index in [2.05, 4.69) is 15.9 Å². The lowest BCUT2D eigenvalue weighted by Crippen LogP contribution is -2.25. The summed E-state index contributed by atoms with van der Waals surface area (Å²) >= 11 is 3.33. The first-order valence-electron chi connectivity index (χ1n) is 4.31. The molecule has 5 heteroatoms. The summed E-state index contributed by atoms with van der Waals surface area (Å²) in [5, 5.41) is 8.81. The molecule has 0 fully saturated rings. The number of benzene rings is 1. The molecule has 0 heterocycles. The lowest BCUT2D eigenvalue weighted by molar-refractivity contribution is -0.141. The van der Waals surface area contributed by atoms with Crippen molar-refractivity contribution in [1.82, 2.24) is 0 Å². The van der Waals surface area contributed by atoms with Gasteiger partial charge >= 0.3 is 5.97 Å². The molecule has 0 aromatic heterocycles. The van der Waals surface area contributed by atoms with Crippen LogP contribution in [0.1, 0.15) is 5.56 Å².